The summed E-state index contributed by atoms with van der Waals surface area (Å²) in [5.74, 6) is 0. The van der Waals surface area contributed by atoms with Gasteiger partial charge in [-0.2, -0.15) is 0 Å². The van der Waals surface area contributed by atoms with Gasteiger partial charge in [-0.15, -0.1) is 0 Å². The number of fused-ring (bicyclic) bond motifs is 1. The zero-order chi connectivity index (χ0) is 18.0. The van der Waals surface area contributed by atoms with Gasteiger partial charge in [0.15, 0.2) is 5.65 Å². The lowest BCUT2D eigenvalue weighted by Crippen LogP contribution is -2.07. The molecule has 3 rings (SSSR count). The second kappa shape index (κ2) is 7.76. The number of aromatic nitrogens is 3. The molecule has 0 spiro atoms. The van der Waals surface area contributed by atoms with Crippen molar-refractivity contribution in [3.8, 4) is 11.3 Å². The molecule has 0 saturated carbocycles. The molecular weight excluding hydrogens is 353 g/mol. The highest BCUT2D eigenvalue weighted by Gasteiger charge is 2.16. The molecule has 0 N–H and O–H groups in total. The molecule has 0 aliphatic rings. The van der Waals surface area contributed by atoms with Crippen LogP contribution in [0.5, 0.6) is 0 Å². The van der Waals surface area contributed by atoms with E-state index in [1.54, 1.807) is 6.07 Å². The molecule has 2 heterocycles. The Labute approximate surface area is 159 Å². The van der Waals surface area contributed by atoms with Gasteiger partial charge < -0.3 is 4.57 Å². The highest BCUT2D eigenvalue weighted by molar-refractivity contribution is 6.36. The summed E-state index contributed by atoms with van der Waals surface area (Å²) in [6, 6.07) is 8.16. The molecule has 1 aromatic carbocycles. The van der Waals surface area contributed by atoms with E-state index in [2.05, 4.69) is 36.4 Å². The number of aryl methyl sites for hydroxylation is 1. The summed E-state index contributed by atoms with van der Waals surface area (Å²) in [7, 11) is 0. The van der Waals surface area contributed by atoms with Crippen LogP contribution in [-0.2, 0) is 0 Å². The third-order valence-corrected chi connectivity index (χ3v) is 5.13. The third kappa shape index (κ3) is 3.68. The number of hydrogen-bond acceptors (Lipinski definition) is 2. The number of benzene rings is 1. The van der Waals surface area contributed by atoms with E-state index in [1.165, 1.54) is 0 Å². The number of pyridine rings is 1. The van der Waals surface area contributed by atoms with Gasteiger partial charge in [0.2, 0.25) is 0 Å². The summed E-state index contributed by atoms with van der Waals surface area (Å²) in [5, 5.41) is 1.23. The minimum absolute atomic E-state index is 0.478. The fraction of sp³-hybridized carbons (Fsp3) is 0.400. The average Bonchev–Trinajstić information content (AvgIpc) is 2.97. The summed E-state index contributed by atoms with van der Waals surface area (Å²) < 4.78 is 2.29. The molecule has 5 heteroatoms. The van der Waals surface area contributed by atoms with E-state index in [1.807, 2.05) is 18.5 Å². The second-order valence-electron chi connectivity index (χ2n) is 6.50. The van der Waals surface area contributed by atoms with Crippen molar-refractivity contribution in [1.29, 1.82) is 0 Å². The Kier molecular flexibility index (Phi) is 5.65. The van der Waals surface area contributed by atoms with Gasteiger partial charge in [-0.25, -0.2) is 9.97 Å². The molecule has 0 fully saturated rings. The summed E-state index contributed by atoms with van der Waals surface area (Å²) in [6.45, 7) is 6.52. The molecular formula is C20H23Cl2N3. The van der Waals surface area contributed by atoms with Gasteiger partial charge in [-0.1, -0.05) is 49.9 Å². The molecule has 0 atom stereocenters. The minimum atomic E-state index is 0.478. The highest BCUT2D eigenvalue weighted by Crippen LogP contribution is 2.33. The quantitative estimate of drug-likeness (QED) is 0.471. The summed E-state index contributed by atoms with van der Waals surface area (Å²) in [4.78, 5) is 9.36. The molecule has 3 aromatic rings. The molecule has 25 heavy (non-hydrogen) atoms. The van der Waals surface area contributed by atoms with Crippen LogP contribution in [-0.4, -0.2) is 14.5 Å². The van der Waals surface area contributed by atoms with E-state index in [4.69, 9.17) is 28.2 Å². The molecule has 0 saturated heterocycles. The number of hydrogen-bond donors (Lipinski definition) is 0. The van der Waals surface area contributed by atoms with E-state index in [9.17, 15) is 0 Å². The first-order valence-electron chi connectivity index (χ1n) is 8.84. The van der Waals surface area contributed by atoms with Crippen molar-refractivity contribution in [2.45, 2.75) is 52.5 Å². The fourth-order valence-electron chi connectivity index (χ4n) is 3.39. The van der Waals surface area contributed by atoms with E-state index in [0.717, 1.165) is 53.7 Å². The molecule has 132 valence electrons. The Balaban J connectivity index is 2.09. The second-order valence-corrected chi connectivity index (χ2v) is 7.35. The standard InChI is InChI=1S/C20H23Cl2N3/c1-4-6-15(7-5-2)25-12-23-20-18(25)10-13(3)19(24-20)16-9-8-14(21)11-17(16)22/h8-12,15H,4-7H2,1-3H3. The predicted molar refractivity (Wildman–Crippen MR) is 107 cm³/mol. The number of halogens is 2. The molecule has 0 bridgehead atoms. The van der Waals surface area contributed by atoms with Crippen molar-refractivity contribution in [2.24, 2.45) is 0 Å². The smallest absolute Gasteiger partial charge is 0.178 e. The number of rotatable bonds is 6. The molecule has 0 unspecified atom stereocenters. The van der Waals surface area contributed by atoms with E-state index >= 15 is 0 Å². The van der Waals surface area contributed by atoms with Gasteiger partial charge in [0.05, 0.1) is 22.6 Å². The van der Waals surface area contributed by atoms with Crippen LogP contribution in [0.25, 0.3) is 22.4 Å². The maximum atomic E-state index is 6.38. The van der Waals surface area contributed by atoms with E-state index in [-0.39, 0.29) is 0 Å². The van der Waals surface area contributed by atoms with Crippen molar-refractivity contribution in [3.05, 3.63) is 46.2 Å². The Morgan fingerprint density at radius 3 is 2.44 bits per heavy atom. The van der Waals surface area contributed by atoms with E-state index < -0.39 is 0 Å². The van der Waals surface area contributed by atoms with Crippen molar-refractivity contribution in [3.63, 3.8) is 0 Å². The minimum Gasteiger partial charge on any atom is -0.326 e. The number of imidazole rings is 1. The molecule has 0 aliphatic carbocycles. The van der Waals surface area contributed by atoms with Crippen molar-refractivity contribution < 1.29 is 0 Å². The van der Waals surface area contributed by atoms with Crippen LogP contribution in [0.1, 0.15) is 51.1 Å². The molecule has 2 aromatic heterocycles. The fourth-order valence-corrected chi connectivity index (χ4v) is 3.89. The third-order valence-electron chi connectivity index (χ3n) is 4.58. The summed E-state index contributed by atoms with van der Waals surface area (Å²) in [5.41, 5.74) is 4.70. The van der Waals surface area contributed by atoms with Gasteiger partial charge >= 0.3 is 0 Å². The Morgan fingerprint density at radius 2 is 1.80 bits per heavy atom. The highest BCUT2D eigenvalue weighted by atomic mass is 35.5. The first kappa shape index (κ1) is 18.2. The summed E-state index contributed by atoms with van der Waals surface area (Å²) in [6.07, 6.45) is 6.57. The predicted octanol–water partition coefficient (Wildman–Crippen LogP) is 6.85. The zero-order valence-corrected chi connectivity index (χ0v) is 16.4. The van der Waals surface area contributed by atoms with Gasteiger partial charge in [-0.3, -0.25) is 0 Å². The van der Waals surface area contributed by atoms with Crippen molar-refractivity contribution in [2.75, 3.05) is 0 Å². The first-order chi connectivity index (χ1) is 12.0. The van der Waals surface area contributed by atoms with Gasteiger partial charge in [0.1, 0.15) is 0 Å². The lowest BCUT2D eigenvalue weighted by Gasteiger charge is -2.18. The van der Waals surface area contributed by atoms with Crippen LogP contribution in [0.4, 0.5) is 0 Å². The average molecular weight is 376 g/mol. The molecule has 0 aliphatic heterocycles. The normalized spacial score (nSPS) is 11.6. The Bertz CT molecular complexity index is 880. The lowest BCUT2D eigenvalue weighted by atomic mass is 10.0. The monoisotopic (exact) mass is 375 g/mol. The maximum Gasteiger partial charge on any atom is 0.178 e. The van der Waals surface area contributed by atoms with Crippen LogP contribution < -0.4 is 0 Å². The largest absolute Gasteiger partial charge is 0.326 e. The summed E-state index contributed by atoms with van der Waals surface area (Å²) >= 11 is 12.4. The molecule has 3 nitrogen and oxygen atoms in total. The zero-order valence-electron chi connectivity index (χ0n) is 14.9. The van der Waals surface area contributed by atoms with Gasteiger partial charge in [0, 0.05) is 16.6 Å². The van der Waals surface area contributed by atoms with Crippen molar-refractivity contribution in [1.82, 2.24) is 14.5 Å². The maximum absolute atomic E-state index is 6.38. The Hall–Kier alpha value is -1.58. The van der Waals surface area contributed by atoms with E-state index in [0.29, 0.717) is 16.1 Å². The van der Waals surface area contributed by atoms with Crippen molar-refractivity contribution >= 4 is 34.4 Å². The van der Waals surface area contributed by atoms with Crippen LogP contribution in [0.3, 0.4) is 0 Å². The molecule has 0 amide bonds. The van der Waals surface area contributed by atoms with Crippen LogP contribution in [0, 0.1) is 6.92 Å². The Morgan fingerprint density at radius 1 is 1.08 bits per heavy atom. The SMILES string of the molecule is CCCC(CCC)n1cnc2nc(-c3ccc(Cl)cc3Cl)c(C)cc21. The van der Waals surface area contributed by atoms with Crippen LogP contribution in [0.15, 0.2) is 30.6 Å². The van der Waals surface area contributed by atoms with Crippen LogP contribution >= 0.6 is 23.2 Å². The first-order valence-corrected chi connectivity index (χ1v) is 9.60. The van der Waals surface area contributed by atoms with Crippen LogP contribution in [0.2, 0.25) is 10.0 Å². The topological polar surface area (TPSA) is 30.7 Å². The lowest BCUT2D eigenvalue weighted by molar-refractivity contribution is 0.435. The molecule has 0 radical (unpaired) electrons. The number of nitrogens with zero attached hydrogens (tertiary/aromatic N) is 3. The van der Waals surface area contributed by atoms with Gasteiger partial charge in [-0.05, 0) is 49.6 Å². The van der Waals surface area contributed by atoms with Gasteiger partial charge in [0.25, 0.3) is 0 Å².